The first-order valence-corrected chi connectivity index (χ1v) is 14.4. The zero-order chi connectivity index (χ0) is 30.7. The monoisotopic (exact) mass is 606 g/mol. The summed E-state index contributed by atoms with van der Waals surface area (Å²) < 4.78 is 40.0. The van der Waals surface area contributed by atoms with Crippen molar-refractivity contribution in [2.24, 2.45) is 5.73 Å². The highest BCUT2D eigenvalue weighted by Gasteiger charge is 2.27. The van der Waals surface area contributed by atoms with E-state index in [-0.39, 0.29) is 45.9 Å². The number of benzene rings is 2. The first-order valence-electron chi connectivity index (χ1n) is 13.5. The maximum absolute atomic E-state index is 14.5. The number of aromatic nitrogens is 1. The number of ether oxygens (including phenoxy) is 2. The van der Waals surface area contributed by atoms with Gasteiger partial charge in [-0.2, -0.15) is 0 Å². The van der Waals surface area contributed by atoms with Crippen LogP contribution >= 0.6 is 11.3 Å². The lowest BCUT2D eigenvalue weighted by molar-refractivity contribution is 0.0594. The van der Waals surface area contributed by atoms with Crippen LogP contribution in [0.5, 0.6) is 5.75 Å². The lowest BCUT2D eigenvalue weighted by atomic mass is 9.93. The smallest absolute Gasteiger partial charge is 0.357 e. The largest absolute Gasteiger partial charge is 0.493 e. The molecule has 2 amide bonds. The molecule has 0 saturated carbocycles. The summed E-state index contributed by atoms with van der Waals surface area (Å²) in [5, 5.41) is 7.22. The number of nitrogens with zero attached hydrogens (tertiary/aromatic N) is 1. The highest BCUT2D eigenvalue weighted by molar-refractivity contribution is 7.13. The molecule has 12 heteroatoms. The number of carbonyl (C=O) groups is 3. The lowest BCUT2D eigenvalue weighted by Crippen LogP contribution is -2.26. The van der Waals surface area contributed by atoms with Crippen LogP contribution in [-0.4, -0.2) is 43.0 Å². The van der Waals surface area contributed by atoms with E-state index in [0.29, 0.717) is 37.3 Å². The first kappa shape index (κ1) is 29.8. The van der Waals surface area contributed by atoms with Crippen LogP contribution in [-0.2, 0) is 17.7 Å². The van der Waals surface area contributed by atoms with Gasteiger partial charge in [-0.3, -0.25) is 9.59 Å². The van der Waals surface area contributed by atoms with Gasteiger partial charge in [0.05, 0.1) is 13.7 Å². The van der Waals surface area contributed by atoms with E-state index >= 15 is 0 Å². The van der Waals surface area contributed by atoms with Crippen LogP contribution < -0.4 is 21.1 Å². The molecule has 0 unspecified atom stereocenters. The Morgan fingerprint density at radius 3 is 2.51 bits per heavy atom. The van der Waals surface area contributed by atoms with Crippen molar-refractivity contribution < 1.29 is 32.6 Å². The van der Waals surface area contributed by atoms with Gasteiger partial charge in [-0.25, -0.2) is 18.6 Å². The Morgan fingerprint density at radius 1 is 1.05 bits per heavy atom. The first-order chi connectivity index (χ1) is 20.7. The minimum Gasteiger partial charge on any atom is -0.493 e. The SMILES string of the molecule is CCCNC(=O)c1ccc(-c2cc3c(cc2C(=O)Nc2cc(F)c(CN)c(F)c2)-c2sccc2CCO3)c(C(=O)OC)n1. The molecule has 0 atom stereocenters. The Bertz CT molecular complexity index is 1720. The van der Waals surface area contributed by atoms with Crippen LogP contribution in [0.3, 0.4) is 0 Å². The molecule has 2 aromatic heterocycles. The van der Waals surface area contributed by atoms with E-state index in [9.17, 15) is 23.2 Å². The lowest BCUT2D eigenvalue weighted by Gasteiger charge is -2.17. The third-order valence-electron chi connectivity index (χ3n) is 6.92. The standard InChI is InChI=1S/C31H28F2N4O5S/c1-3-8-35-30(39)25-5-4-18(27(37-25)31(40)41-2)19-14-26-21(28-16(6-9-42-26)7-10-43-28)13-20(19)29(38)36-17-11-23(32)22(15-34)24(33)12-17/h4-5,7,10-14H,3,6,8-9,15,34H2,1-2H3,(H,35,39)(H,36,38). The van der Waals surface area contributed by atoms with Crippen molar-refractivity contribution >= 4 is 34.8 Å². The molecule has 1 aliphatic heterocycles. The van der Waals surface area contributed by atoms with Gasteiger partial charge in [0.1, 0.15) is 23.1 Å². The summed E-state index contributed by atoms with van der Waals surface area (Å²) in [6.07, 6.45) is 1.35. The fourth-order valence-corrected chi connectivity index (χ4v) is 5.76. The maximum Gasteiger partial charge on any atom is 0.357 e. The molecule has 4 N–H and O–H groups in total. The number of anilines is 1. The summed E-state index contributed by atoms with van der Waals surface area (Å²) >= 11 is 1.49. The number of pyridine rings is 1. The third-order valence-corrected chi connectivity index (χ3v) is 7.91. The molecule has 0 bridgehead atoms. The topological polar surface area (TPSA) is 133 Å². The van der Waals surface area contributed by atoms with Crippen LogP contribution in [0, 0.1) is 11.6 Å². The highest BCUT2D eigenvalue weighted by Crippen LogP contribution is 2.43. The zero-order valence-corrected chi connectivity index (χ0v) is 24.2. The summed E-state index contributed by atoms with van der Waals surface area (Å²) in [5.41, 5.74) is 7.01. The predicted octanol–water partition coefficient (Wildman–Crippen LogP) is 5.33. The fraction of sp³-hybridized carbons (Fsp3) is 0.226. The summed E-state index contributed by atoms with van der Waals surface area (Å²) in [7, 11) is 1.18. The van der Waals surface area contributed by atoms with E-state index in [1.54, 1.807) is 12.1 Å². The molecule has 9 nitrogen and oxygen atoms in total. The average Bonchev–Trinajstić information content (AvgIpc) is 3.40. The average molecular weight is 607 g/mol. The number of carbonyl (C=O) groups excluding carboxylic acids is 3. The van der Waals surface area contributed by atoms with Gasteiger partial charge >= 0.3 is 5.97 Å². The van der Waals surface area contributed by atoms with Crippen molar-refractivity contribution in [1.29, 1.82) is 0 Å². The third kappa shape index (κ3) is 5.97. The fourth-order valence-electron chi connectivity index (χ4n) is 4.78. The van der Waals surface area contributed by atoms with E-state index in [1.807, 2.05) is 18.4 Å². The number of methoxy groups -OCH3 is 1. The minimum absolute atomic E-state index is 0.0104. The number of thiophene rings is 1. The van der Waals surface area contributed by atoms with E-state index in [2.05, 4.69) is 15.6 Å². The van der Waals surface area contributed by atoms with Crippen LogP contribution in [0.4, 0.5) is 14.5 Å². The van der Waals surface area contributed by atoms with Crippen LogP contribution in [0.2, 0.25) is 0 Å². The maximum atomic E-state index is 14.5. The number of halogens is 2. The van der Waals surface area contributed by atoms with Gasteiger partial charge in [0.15, 0.2) is 5.69 Å². The van der Waals surface area contributed by atoms with Gasteiger partial charge < -0.3 is 25.8 Å². The number of nitrogens with two attached hydrogens (primary N) is 1. The van der Waals surface area contributed by atoms with Gasteiger partial charge in [-0.05, 0) is 59.8 Å². The second-order valence-corrected chi connectivity index (χ2v) is 10.6. The molecule has 43 heavy (non-hydrogen) atoms. The van der Waals surface area contributed by atoms with Crippen LogP contribution in [0.15, 0.2) is 47.8 Å². The predicted molar refractivity (Wildman–Crippen MR) is 158 cm³/mol. The molecular weight excluding hydrogens is 578 g/mol. The molecule has 2 aromatic carbocycles. The normalized spacial score (nSPS) is 11.9. The Hall–Kier alpha value is -4.68. The molecule has 222 valence electrons. The zero-order valence-electron chi connectivity index (χ0n) is 23.4. The summed E-state index contributed by atoms with van der Waals surface area (Å²) in [5.74, 6) is -3.34. The molecule has 0 spiro atoms. The van der Waals surface area contributed by atoms with Crippen LogP contribution in [0.1, 0.15) is 55.8 Å². The number of amides is 2. The van der Waals surface area contributed by atoms with E-state index < -0.39 is 29.4 Å². The van der Waals surface area contributed by atoms with Crippen molar-refractivity contribution in [1.82, 2.24) is 10.3 Å². The molecule has 5 rings (SSSR count). The second kappa shape index (κ2) is 12.7. The second-order valence-electron chi connectivity index (χ2n) is 9.68. The number of esters is 1. The van der Waals surface area contributed by atoms with E-state index in [1.165, 1.54) is 30.6 Å². The number of hydrogen-bond donors (Lipinski definition) is 3. The van der Waals surface area contributed by atoms with Crippen molar-refractivity contribution in [3.8, 4) is 27.3 Å². The summed E-state index contributed by atoms with van der Waals surface area (Å²) in [6, 6.07) is 10.1. The molecule has 0 saturated heterocycles. The highest BCUT2D eigenvalue weighted by atomic mass is 32.1. The van der Waals surface area contributed by atoms with E-state index in [4.69, 9.17) is 15.2 Å². The van der Waals surface area contributed by atoms with Gasteiger partial charge in [-0.15, -0.1) is 11.3 Å². The molecule has 0 fully saturated rings. The number of nitrogens with one attached hydrogen (secondary N) is 2. The van der Waals surface area contributed by atoms with Crippen LogP contribution in [0.25, 0.3) is 21.6 Å². The van der Waals surface area contributed by atoms with Gasteiger partial charge in [0.25, 0.3) is 11.8 Å². The molecular formula is C31H28F2N4O5S. The van der Waals surface area contributed by atoms with Crippen molar-refractivity contribution in [3.63, 3.8) is 0 Å². The van der Waals surface area contributed by atoms with Crippen molar-refractivity contribution in [2.75, 3.05) is 25.6 Å². The molecule has 4 aromatic rings. The van der Waals surface area contributed by atoms with Gasteiger partial charge in [0.2, 0.25) is 0 Å². The Labute approximate surface area is 250 Å². The summed E-state index contributed by atoms with van der Waals surface area (Å²) in [4.78, 5) is 44.6. The van der Waals surface area contributed by atoms with Crippen molar-refractivity contribution in [3.05, 3.63) is 87.6 Å². The van der Waals surface area contributed by atoms with Gasteiger partial charge in [0, 0.05) is 57.9 Å². The molecule has 0 radical (unpaired) electrons. The van der Waals surface area contributed by atoms with Gasteiger partial charge in [-0.1, -0.05) is 6.92 Å². The Kier molecular flexibility index (Phi) is 8.78. The number of hydrogen-bond acceptors (Lipinski definition) is 8. The number of fused-ring (bicyclic) bond motifs is 3. The Balaban J connectivity index is 1.68. The number of rotatable bonds is 8. The minimum atomic E-state index is -0.898. The Morgan fingerprint density at radius 2 is 1.81 bits per heavy atom. The molecule has 0 aliphatic carbocycles. The van der Waals surface area contributed by atoms with Crippen molar-refractivity contribution in [2.45, 2.75) is 26.3 Å². The van der Waals surface area contributed by atoms with E-state index in [0.717, 1.165) is 22.6 Å². The molecule has 3 heterocycles. The summed E-state index contributed by atoms with van der Waals surface area (Å²) in [6.45, 7) is 2.35. The quantitative estimate of drug-likeness (QED) is 0.231. The molecule has 1 aliphatic rings.